The molecule has 0 saturated carbocycles. The number of hydrogen-bond acceptors (Lipinski definition) is 6. The second kappa shape index (κ2) is 6.46. The first-order valence-corrected chi connectivity index (χ1v) is 6.85. The normalized spacial score (nSPS) is 10.7. The summed E-state index contributed by atoms with van der Waals surface area (Å²) in [5, 5.41) is 0. The van der Waals surface area contributed by atoms with Gasteiger partial charge < -0.3 is 19.1 Å². The van der Waals surface area contributed by atoms with Crippen LogP contribution in [0.5, 0.6) is 0 Å². The third-order valence-electron chi connectivity index (χ3n) is 3.40. The molecule has 0 aliphatic carbocycles. The maximum Gasteiger partial charge on any atom is 0.409 e. The van der Waals surface area contributed by atoms with Gasteiger partial charge in [-0.25, -0.2) is 9.78 Å². The van der Waals surface area contributed by atoms with E-state index < -0.39 is 0 Å². The highest BCUT2D eigenvalue weighted by Crippen LogP contribution is 2.09. The Hall–Kier alpha value is -2.58. The van der Waals surface area contributed by atoms with Crippen LogP contribution in [0.1, 0.15) is 6.42 Å². The number of nitrogens with one attached hydrogen (secondary N) is 1. The minimum atomic E-state index is -0.371. The number of rotatable bonds is 5. The van der Waals surface area contributed by atoms with Crippen LogP contribution in [0.3, 0.4) is 0 Å². The van der Waals surface area contributed by atoms with Crippen molar-refractivity contribution in [2.24, 2.45) is 7.05 Å². The molecule has 0 atom stereocenters. The fraction of sp³-hybridized carbons (Fsp3) is 0.538. The van der Waals surface area contributed by atoms with Crippen molar-refractivity contribution in [3.63, 3.8) is 0 Å². The second-order valence-electron chi connectivity index (χ2n) is 5.08. The van der Waals surface area contributed by atoms with E-state index in [1.165, 1.54) is 12.0 Å². The average Bonchev–Trinajstić information content (AvgIpc) is 2.87. The smallest absolute Gasteiger partial charge is 0.409 e. The summed E-state index contributed by atoms with van der Waals surface area (Å²) in [6.07, 6.45) is 1.90. The van der Waals surface area contributed by atoms with Gasteiger partial charge in [-0.05, 0) is 6.42 Å². The van der Waals surface area contributed by atoms with E-state index in [0.717, 1.165) is 0 Å². The number of carbonyl (C=O) groups is 1. The number of carbonyl (C=O) groups excluding carboxylic acids is 1. The summed E-state index contributed by atoms with van der Waals surface area (Å²) in [4.78, 5) is 37.8. The molecule has 2 rings (SSSR count). The number of nitrogens with zero attached hydrogens (tertiary/aromatic N) is 5. The van der Waals surface area contributed by atoms with Gasteiger partial charge in [0.1, 0.15) is 0 Å². The van der Waals surface area contributed by atoms with Crippen molar-refractivity contribution in [2.75, 3.05) is 39.2 Å². The summed E-state index contributed by atoms with van der Waals surface area (Å²) in [6.45, 7) is 1.18. The lowest BCUT2D eigenvalue weighted by atomic mass is 10.4. The number of aromatic amines is 1. The first-order chi connectivity index (χ1) is 10.4. The number of methoxy groups -OCH3 is 1. The Kier molecular flexibility index (Phi) is 4.64. The van der Waals surface area contributed by atoms with Crippen molar-refractivity contribution in [1.82, 2.24) is 24.4 Å². The molecule has 2 heterocycles. The van der Waals surface area contributed by atoms with Crippen LogP contribution in [0.2, 0.25) is 0 Å². The molecule has 1 amide bonds. The van der Waals surface area contributed by atoms with Crippen molar-refractivity contribution in [3.05, 3.63) is 16.7 Å². The van der Waals surface area contributed by atoms with Gasteiger partial charge >= 0.3 is 6.09 Å². The number of fused-ring (bicyclic) bond motifs is 1. The van der Waals surface area contributed by atoms with Crippen LogP contribution in [0, 0.1) is 0 Å². The van der Waals surface area contributed by atoms with Gasteiger partial charge in [0.2, 0.25) is 5.95 Å². The van der Waals surface area contributed by atoms with E-state index >= 15 is 0 Å². The quantitative estimate of drug-likeness (QED) is 0.846. The third-order valence-corrected chi connectivity index (χ3v) is 3.40. The van der Waals surface area contributed by atoms with Crippen LogP contribution in [0.15, 0.2) is 11.1 Å². The molecule has 9 nitrogen and oxygen atoms in total. The zero-order valence-corrected chi connectivity index (χ0v) is 13.2. The number of anilines is 1. The molecule has 9 heteroatoms. The van der Waals surface area contributed by atoms with Gasteiger partial charge in [0, 0.05) is 34.2 Å². The maximum atomic E-state index is 12.0. The van der Waals surface area contributed by atoms with Crippen LogP contribution in [0.25, 0.3) is 11.2 Å². The summed E-state index contributed by atoms with van der Waals surface area (Å²) in [7, 11) is 6.59. The molecule has 1 N–H and O–H groups in total. The van der Waals surface area contributed by atoms with Gasteiger partial charge in [-0.1, -0.05) is 0 Å². The monoisotopic (exact) mass is 308 g/mol. The lowest BCUT2D eigenvalue weighted by molar-refractivity contribution is 0.133. The highest BCUT2D eigenvalue weighted by atomic mass is 16.5. The summed E-state index contributed by atoms with van der Waals surface area (Å²) in [6, 6.07) is 0. The van der Waals surface area contributed by atoms with Crippen LogP contribution < -0.4 is 10.5 Å². The number of imidazole rings is 1. The highest BCUT2D eigenvalue weighted by molar-refractivity contribution is 5.70. The predicted octanol–water partition coefficient (Wildman–Crippen LogP) is 0.181. The van der Waals surface area contributed by atoms with E-state index in [-0.39, 0.29) is 11.7 Å². The van der Waals surface area contributed by atoms with Gasteiger partial charge in [0.05, 0.1) is 13.4 Å². The van der Waals surface area contributed by atoms with Crippen molar-refractivity contribution in [3.8, 4) is 0 Å². The molecule has 0 saturated heterocycles. The molecule has 22 heavy (non-hydrogen) atoms. The molecular weight excluding hydrogens is 288 g/mol. The first kappa shape index (κ1) is 15.8. The summed E-state index contributed by atoms with van der Waals surface area (Å²) in [5.41, 5.74) is 0.640. The highest BCUT2D eigenvalue weighted by Gasteiger charge is 2.12. The molecule has 0 unspecified atom stereocenters. The van der Waals surface area contributed by atoms with Crippen molar-refractivity contribution < 1.29 is 9.53 Å². The fourth-order valence-electron chi connectivity index (χ4n) is 2.13. The minimum Gasteiger partial charge on any atom is -0.453 e. The van der Waals surface area contributed by atoms with E-state index in [9.17, 15) is 9.59 Å². The van der Waals surface area contributed by atoms with E-state index in [0.29, 0.717) is 36.6 Å². The Bertz CT molecular complexity index is 722. The predicted molar refractivity (Wildman–Crippen MR) is 82.1 cm³/mol. The van der Waals surface area contributed by atoms with Crippen LogP contribution in [-0.4, -0.2) is 64.8 Å². The molecule has 2 aromatic rings. The molecule has 0 aliphatic rings. The second-order valence-corrected chi connectivity index (χ2v) is 5.08. The number of aryl methyl sites for hydroxylation is 1. The maximum absolute atomic E-state index is 12.0. The Morgan fingerprint density at radius 3 is 2.82 bits per heavy atom. The number of aromatic nitrogens is 4. The Labute approximate surface area is 127 Å². The molecule has 120 valence electrons. The van der Waals surface area contributed by atoms with Crippen molar-refractivity contribution in [2.45, 2.75) is 6.42 Å². The third kappa shape index (κ3) is 3.18. The molecule has 2 aromatic heterocycles. The van der Waals surface area contributed by atoms with Gasteiger partial charge in [-0.3, -0.25) is 9.78 Å². The van der Waals surface area contributed by atoms with Crippen molar-refractivity contribution >= 4 is 23.2 Å². The number of hydrogen-bond donors (Lipinski definition) is 1. The summed E-state index contributed by atoms with van der Waals surface area (Å²) >= 11 is 0. The van der Waals surface area contributed by atoms with E-state index in [1.807, 2.05) is 11.9 Å². The van der Waals surface area contributed by atoms with Gasteiger partial charge in [-0.2, -0.15) is 4.98 Å². The lowest BCUT2D eigenvalue weighted by Crippen LogP contribution is -2.31. The number of ether oxygens (including phenoxy) is 1. The van der Waals surface area contributed by atoms with Crippen LogP contribution >= 0.6 is 0 Å². The Morgan fingerprint density at radius 1 is 1.41 bits per heavy atom. The molecule has 0 radical (unpaired) electrons. The molecule has 0 fully saturated rings. The van der Waals surface area contributed by atoms with Crippen molar-refractivity contribution in [1.29, 1.82) is 0 Å². The van der Waals surface area contributed by atoms with Gasteiger partial charge in [0.25, 0.3) is 5.56 Å². The van der Waals surface area contributed by atoms with E-state index in [1.54, 1.807) is 25.0 Å². The number of amides is 1. The van der Waals surface area contributed by atoms with Crippen LogP contribution in [0.4, 0.5) is 10.7 Å². The Morgan fingerprint density at radius 2 is 2.14 bits per heavy atom. The minimum absolute atomic E-state index is 0.224. The average molecular weight is 308 g/mol. The zero-order chi connectivity index (χ0) is 16.3. The summed E-state index contributed by atoms with van der Waals surface area (Å²) < 4.78 is 6.26. The van der Waals surface area contributed by atoms with Gasteiger partial charge in [0.15, 0.2) is 11.2 Å². The SMILES string of the molecule is COC(=O)N(C)CCCN(C)c1nc2ncn(C)c2c(=O)[nH]1. The standard InChI is InChI=1S/C13H20N6O3/c1-17(6-5-7-18(2)13(21)22-4)12-15-10-9(11(20)16-12)19(3)8-14-10/h8H,5-7H2,1-4H3,(H,15,16,20). The largest absolute Gasteiger partial charge is 0.453 e. The zero-order valence-electron chi connectivity index (χ0n) is 13.2. The molecule has 0 bridgehead atoms. The molecule has 0 aromatic carbocycles. The molecule has 0 aliphatic heterocycles. The molecular formula is C13H20N6O3. The number of H-pyrrole nitrogens is 1. The first-order valence-electron chi connectivity index (χ1n) is 6.85. The van der Waals surface area contributed by atoms with Crippen LogP contribution in [-0.2, 0) is 11.8 Å². The fourth-order valence-corrected chi connectivity index (χ4v) is 2.13. The van der Waals surface area contributed by atoms with E-state index in [4.69, 9.17) is 0 Å². The molecule has 0 spiro atoms. The topological polar surface area (TPSA) is 96.3 Å². The summed E-state index contributed by atoms with van der Waals surface area (Å²) in [5.74, 6) is 0.455. The lowest BCUT2D eigenvalue weighted by Gasteiger charge is -2.20. The van der Waals surface area contributed by atoms with Gasteiger partial charge in [-0.15, -0.1) is 0 Å². The Balaban J connectivity index is 2.02. The van der Waals surface area contributed by atoms with E-state index in [2.05, 4.69) is 19.7 Å².